The van der Waals surface area contributed by atoms with Crippen LogP contribution in [0, 0.1) is 0 Å². The third kappa shape index (κ3) is 3.75. The maximum absolute atomic E-state index is 12.6. The maximum atomic E-state index is 12.6. The van der Waals surface area contributed by atoms with Gasteiger partial charge < -0.3 is 14.2 Å². The highest BCUT2D eigenvalue weighted by atomic mass is 32.1. The van der Waals surface area contributed by atoms with Crippen molar-refractivity contribution in [3.05, 3.63) is 83.4 Å². The lowest BCUT2D eigenvalue weighted by atomic mass is 9.84. The van der Waals surface area contributed by atoms with Crippen LogP contribution in [0.1, 0.15) is 22.7 Å². The molecule has 0 saturated carbocycles. The molecule has 33 heavy (non-hydrogen) atoms. The van der Waals surface area contributed by atoms with Crippen LogP contribution in [-0.2, 0) is 16.0 Å². The van der Waals surface area contributed by atoms with Gasteiger partial charge in [-0.1, -0.05) is 48.5 Å². The van der Waals surface area contributed by atoms with E-state index in [-0.39, 0.29) is 12.0 Å². The number of carbonyl (C=O) groups excluding carboxylic acids is 1. The van der Waals surface area contributed by atoms with Gasteiger partial charge in [0.2, 0.25) is 0 Å². The zero-order valence-corrected chi connectivity index (χ0v) is 19.6. The molecule has 0 amide bonds. The Morgan fingerprint density at radius 1 is 0.939 bits per heavy atom. The lowest BCUT2D eigenvalue weighted by molar-refractivity contribution is -0.143. The van der Waals surface area contributed by atoms with Crippen molar-refractivity contribution in [3.63, 3.8) is 0 Å². The summed E-state index contributed by atoms with van der Waals surface area (Å²) in [6, 6.07) is 22.1. The topological polar surface area (TPSA) is 56.8 Å². The third-order valence-corrected chi connectivity index (χ3v) is 7.43. The molecule has 3 aromatic carbocycles. The van der Waals surface area contributed by atoms with Crippen molar-refractivity contribution in [1.29, 1.82) is 0 Å². The van der Waals surface area contributed by atoms with Gasteiger partial charge in [-0.25, -0.2) is 0 Å². The van der Waals surface area contributed by atoms with E-state index in [1.807, 2.05) is 18.2 Å². The highest BCUT2D eigenvalue weighted by Crippen LogP contribution is 2.47. The van der Waals surface area contributed by atoms with Crippen LogP contribution in [0.5, 0.6) is 11.5 Å². The predicted octanol–water partition coefficient (Wildman–Crippen LogP) is 5.36. The molecule has 168 valence electrons. The molecule has 4 aromatic rings. The fourth-order valence-corrected chi connectivity index (χ4v) is 5.89. The van der Waals surface area contributed by atoms with Crippen LogP contribution in [0.15, 0.2) is 66.7 Å². The summed E-state index contributed by atoms with van der Waals surface area (Å²) in [5.74, 6) is 1.04. The van der Waals surface area contributed by atoms with Gasteiger partial charge in [0.25, 0.3) is 0 Å². The molecule has 0 radical (unpaired) electrons. The molecule has 2 atom stereocenters. The number of fused-ring (bicyclic) bond motifs is 2. The largest absolute Gasteiger partial charge is 0.493 e. The second kappa shape index (κ2) is 8.89. The van der Waals surface area contributed by atoms with Gasteiger partial charge in [0.1, 0.15) is 6.04 Å². The van der Waals surface area contributed by atoms with Gasteiger partial charge in [0.15, 0.2) is 11.5 Å². The number of thiophene rings is 1. The summed E-state index contributed by atoms with van der Waals surface area (Å²) in [5, 5.41) is 4.76. The number of nitrogens with one attached hydrogen (secondary N) is 1. The number of hydrogen-bond acceptors (Lipinski definition) is 6. The molecule has 1 N–H and O–H groups in total. The molecule has 0 fully saturated rings. The molecule has 1 aliphatic heterocycles. The van der Waals surface area contributed by atoms with E-state index in [1.165, 1.54) is 22.1 Å². The maximum Gasteiger partial charge on any atom is 0.323 e. The van der Waals surface area contributed by atoms with E-state index in [2.05, 4.69) is 53.8 Å². The van der Waals surface area contributed by atoms with Crippen molar-refractivity contribution >= 4 is 27.4 Å². The Morgan fingerprint density at radius 2 is 1.64 bits per heavy atom. The minimum atomic E-state index is -0.465. The number of benzene rings is 3. The fourth-order valence-electron chi connectivity index (χ4n) is 4.64. The van der Waals surface area contributed by atoms with Crippen LogP contribution in [0.2, 0.25) is 0 Å². The summed E-state index contributed by atoms with van der Waals surface area (Å²) in [4.78, 5) is 13.8. The molecule has 6 heteroatoms. The second-order valence-corrected chi connectivity index (χ2v) is 9.04. The molecule has 2 heterocycles. The Labute approximate surface area is 196 Å². The summed E-state index contributed by atoms with van der Waals surface area (Å²) in [6.45, 7) is 0. The summed E-state index contributed by atoms with van der Waals surface area (Å²) < 4.78 is 17.5. The number of methoxy groups -OCH3 is 3. The Bertz CT molecular complexity index is 1310. The average molecular weight is 460 g/mol. The molecular formula is C27H25NO4S. The van der Waals surface area contributed by atoms with Crippen LogP contribution in [-0.4, -0.2) is 33.3 Å². The molecule has 0 saturated heterocycles. The first kappa shape index (κ1) is 21.5. The van der Waals surface area contributed by atoms with Crippen LogP contribution in [0.25, 0.3) is 20.5 Å². The Kier molecular flexibility index (Phi) is 5.79. The van der Waals surface area contributed by atoms with Gasteiger partial charge in [0, 0.05) is 15.1 Å². The standard InChI is InChI=1S/C27H25NO4S/c1-30-21-14-17-13-20(27(29)32-3)28-25(19(17)15-22(21)31-2)24-18-11-7-8-12-23(18)33-26(24)16-9-5-4-6-10-16/h4-12,14-15,20,25,28H,13H2,1-3H3/t20-,25-/m0/s1. The predicted molar refractivity (Wildman–Crippen MR) is 131 cm³/mol. The van der Waals surface area contributed by atoms with E-state index in [0.717, 1.165) is 22.3 Å². The van der Waals surface area contributed by atoms with Crippen molar-refractivity contribution in [3.8, 4) is 21.9 Å². The fraction of sp³-hybridized carbons (Fsp3) is 0.222. The minimum Gasteiger partial charge on any atom is -0.493 e. The number of hydrogen-bond donors (Lipinski definition) is 1. The zero-order chi connectivity index (χ0) is 22.9. The highest BCUT2D eigenvalue weighted by molar-refractivity contribution is 7.22. The first-order valence-corrected chi connectivity index (χ1v) is 11.6. The van der Waals surface area contributed by atoms with E-state index in [1.54, 1.807) is 25.6 Å². The Balaban J connectivity index is 1.78. The monoisotopic (exact) mass is 459 g/mol. The quantitative estimate of drug-likeness (QED) is 0.407. The van der Waals surface area contributed by atoms with Gasteiger partial charge >= 0.3 is 5.97 Å². The molecular weight excluding hydrogens is 434 g/mol. The number of ether oxygens (including phenoxy) is 3. The lowest BCUT2D eigenvalue weighted by Gasteiger charge is -2.33. The molecule has 5 nitrogen and oxygen atoms in total. The van der Waals surface area contributed by atoms with E-state index in [9.17, 15) is 4.79 Å². The third-order valence-electron chi connectivity index (χ3n) is 6.19. The smallest absolute Gasteiger partial charge is 0.323 e. The van der Waals surface area contributed by atoms with Crippen LogP contribution in [0.4, 0.5) is 0 Å². The summed E-state index contributed by atoms with van der Waals surface area (Å²) >= 11 is 1.77. The molecule has 0 bridgehead atoms. The molecule has 1 aliphatic rings. The van der Waals surface area contributed by atoms with Crippen molar-refractivity contribution in [2.75, 3.05) is 21.3 Å². The Morgan fingerprint density at radius 3 is 2.36 bits per heavy atom. The first-order valence-electron chi connectivity index (χ1n) is 10.8. The van der Waals surface area contributed by atoms with Crippen LogP contribution >= 0.6 is 11.3 Å². The Hall–Kier alpha value is -3.35. The van der Waals surface area contributed by atoms with Crippen LogP contribution in [0.3, 0.4) is 0 Å². The summed E-state index contributed by atoms with van der Waals surface area (Å²) in [6.07, 6.45) is 0.515. The second-order valence-electron chi connectivity index (χ2n) is 7.99. The van der Waals surface area contributed by atoms with Gasteiger partial charge in [-0.3, -0.25) is 10.1 Å². The number of esters is 1. The van der Waals surface area contributed by atoms with Crippen molar-refractivity contribution in [2.24, 2.45) is 0 Å². The van der Waals surface area contributed by atoms with Gasteiger partial charge in [0.05, 0.1) is 27.4 Å². The normalized spacial score (nSPS) is 17.4. The van der Waals surface area contributed by atoms with Gasteiger partial charge in [-0.2, -0.15) is 0 Å². The van der Waals surface area contributed by atoms with Crippen LogP contribution < -0.4 is 14.8 Å². The SMILES string of the molecule is COC(=O)[C@@H]1Cc2cc(OC)c(OC)cc2[C@@H](c2c(-c3ccccc3)sc3ccccc23)N1. The summed E-state index contributed by atoms with van der Waals surface area (Å²) in [7, 11) is 4.70. The summed E-state index contributed by atoms with van der Waals surface area (Å²) in [5.41, 5.74) is 4.43. The van der Waals surface area contributed by atoms with E-state index in [4.69, 9.17) is 14.2 Å². The number of carbonyl (C=O) groups is 1. The van der Waals surface area contributed by atoms with E-state index < -0.39 is 6.04 Å². The molecule has 5 rings (SSSR count). The molecule has 0 aliphatic carbocycles. The average Bonchev–Trinajstić information content (AvgIpc) is 3.26. The molecule has 1 aromatic heterocycles. The molecule has 0 unspecified atom stereocenters. The van der Waals surface area contributed by atoms with Gasteiger partial charge in [-0.05, 0) is 46.7 Å². The van der Waals surface area contributed by atoms with Crippen molar-refractivity contribution in [1.82, 2.24) is 5.32 Å². The van der Waals surface area contributed by atoms with Gasteiger partial charge in [-0.15, -0.1) is 11.3 Å². The van der Waals surface area contributed by atoms with Crippen molar-refractivity contribution < 1.29 is 19.0 Å². The lowest BCUT2D eigenvalue weighted by Crippen LogP contribution is -2.45. The highest BCUT2D eigenvalue weighted by Gasteiger charge is 2.35. The molecule has 0 spiro atoms. The minimum absolute atomic E-state index is 0.219. The van der Waals surface area contributed by atoms with E-state index in [0.29, 0.717) is 17.9 Å². The van der Waals surface area contributed by atoms with Crippen molar-refractivity contribution in [2.45, 2.75) is 18.5 Å². The number of rotatable bonds is 5. The first-order chi connectivity index (χ1) is 16.1. The van der Waals surface area contributed by atoms with E-state index >= 15 is 0 Å². The zero-order valence-electron chi connectivity index (χ0n) is 18.8.